The van der Waals surface area contributed by atoms with Crippen LogP contribution in [0.1, 0.15) is 19.4 Å². The molecule has 0 aliphatic carbocycles. The Morgan fingerprint density at radius 3 is 2.72 bits per heavy atom. The molecule has 0 aliphatic rings. The van der Waals surface area contributed by atoms with Gasteiger partial charge >= 0.3 is 0 Å². The molecule has 1 N–H and O–H groups in total. The van der Waals surface area contributed by atoms with Crippen molar-refractivity contribution in [1.82, 2.24) is 5.32 Å². The number of methoxy groups -OCH3 is 1. The fourth-order valence-electron chi connectivity index (χ4n) is 1.70. The van der Waals surface area contributed by atoms with Crippen LogP contribution in [0.3, 0.4) is 0 Å². The lowest BCUT2D eigenvalue weighted by Crippen LogP contribution is -2.26. The number of hydrogen-bond acceptors (Lipinski definition) is 3. The summed E-state index contributed by atoms with van der Waals surface area (Å²) in [5, 5.41) is 3.46. The Morgan fingerprint density at radius 2 is 2.11 bits per heavy atom. The molecule has 0 bridgehead atoms. The molecule has 4 heteroatoms. The SMILES string of the molecule is COCCN(C)c1cc(Br)ccc1CNC(C)C. The van der Waals surface area contributed by atoms with Crippen LogP contribution in [0.15, 0.2) is 22.7 Å². The fourth-order valence-corrected chi connectivity index (χ4v) is 2.05. The maximum absolute atomic E-state index is 5.13. The van der Waals surface area contributed by atoms with E-state index in [-0.39, 0.29) is 0 Å². The molecule has 0 fully saturated rings. The second kappa shape index (κ2) is 7.77. The predicted octanol–water partition coefficient (Wildman–Crippen LogP) is 3.03. The highest BCUT2D eigenvalue weighted by Crippen LogP contribution is 2.24. The molecule has 1 aromatic rings. The molecule has 1 aromatic carbocycles. The van der Waals surface area contributed by atoms with E-state index in [2.05, 4.69) is 65.2 Å². The minimum Gasteiger partial charge on any atom is -0.383 e. The summed E-state index contributed by atoms with van der Waals surface area (Å²) in [5.74, 6) is 0. The molecule has 0 amide bonds. The summed E-state index contributed by atoms with van der Waals surface area (Å²) in [6.45, 7) is 6.83. The molecule has 0 aromatic heterocycles. The van der Waals surface area contributed by atoms with Gasteiger partial charge in [0.2, 0.25) is 0 Å². The predicted molar refractivity (Wildman–Crippen MR) is 81.3 cm³/mol. The van der Waals surface area contributed by atoms with Crippen LogP contribution in [0.5, 0.6) is 0 Å². The lowest BCUT2D eigenvalue weighted by Gasteiger charge is -2.23. The Hall–Kier alpha value is -0.580. The van der Waals surface area contributed by atoms with Crippen LogP contribution in [0, 0.1) is 0 Å². The van der Waals surface area contributed by atoms with Crippen LogP contribution in [0.2, 0.25) is 0 Å². The first-order chi connectivity index (χ1) is 8.54. The summed E-state index contributed by atoms with van der Waals surface area (Å²) in [7, 11) is 3.83. The van der Waals surface area contributed by atoms with Gasteiger partial charge in [-0.1, -0.05) is 35.8 Å². The van der Waals surface area contributed by atoms with E-state index in [0.29, 0.717) is 6.04 Å². The highest BCUT2D eigenvalue weighted by Gasteiger charge is 2.08. The normalized spacial score (nSPS) is 11.0. The third-order valence-corrected chi connectivity index (χ3v) is 3.28. The largest absolute Gasteiger partial charge is 0.383 e. The van der Waals surface area contributed by atoms with Crippen molar-refractivity contribution in [3.05, 3.63) is 28.2 Å². The van der Waals surface area contributed by atoms with Crippen molar-refractivity contribution >= 4 is 21.6 Å². The topological polar surface area (TPSA) is 24.5 Å². The standard InChI is InChI=1S/C14H23BrN2O/c1-11(2)16-10-12-5-6-13(15)9-14(12)17(3)7-8-18-4/h5-6,9,11,16H,7-8,10H2,1-4H3. The minimum absolute atomic E-state index is 0.491. The van der Waals surface area contributed by atoms with Gasteiger partial charge in [-0.05, 0) is 17.7 Å². The second-order valence-corrected chi connectivity index (χ2v) is 5.64. The minimum atomic E-state index is 0.491. The maximum atomic E-state index is 5.13. The Labute approximate surface area is 119 Å². The van der Waals surface area contributed by atoms with Gasteiger partial charge in [-0.3, -0.25) is 0 Å². The van der Waals surface area contributed by atoms with E-state index in [4.69, 9.17) is 4.74 Å². The van der Waals surface area contributed by atoms with E-state index < -0.39 is 0 Å². The zero-order chi connectivity index (χ0) is 13.5. The third-order valence-electron chi connectivity index (χ3n) is 2.79. The summed E-state index contributed by atoms with van der Waals surface area (Å²) in [4.78, 5) is 2.23. The maximum Gasteiger partial charge on any atom is 0.0637 e. The van der Waals surface area contributed by atoms with E-state index in [1.54, 1.807) is 7.11 Å². The Balaban J connectivity index is 2.81. The van der Waals surface area contributed by atoms with E-state index in [0.717, 1.165) is 24.2 Å². The van der Waals surface area contributed by atoms with Crippen LogP contribution in [0.25, 0.3) is 0 Å². The van der Waals surface area contributed by atoms with Crippen LogP contribution in [-0.4, -0.2) is 33.4 Å². The fraction of sp³-hybridized carbons (Fsp3) is 0.571. The van der Waals surface area contributed by atoms with E-state index in [9.17, 15) is 0 Å². The summed E-state index contributed by atoms with van der Waals surface area (Å²) in [6.07, 6.45) is 0. The molecular weight excluding hydrogens is 292 g/mol. The van der Waals surface area contributed by atoms with Crippen LogP contribution in [0.4, 0.5) is 5.69 Å². The summed E-state index contributed by atoms with van der Waals surface area (Å²) in [6, 6.07) is 6.90. The third kappa shape index (κ3) is 4.96. The number of rotatable bonds is 7. The molecule has 0 heterocycles. The molecule has 1 rings (SSSR count). The average molecular weight is 315 g/mol. The van der Waals surface area contributed by atoms with Crippen LogP contribution >= 0.6 is 15.9 Å². The van der Waals surface area contributed by atoms with Gasteiger partial charge in [-0.2, -0.15) is 0 Å². The van der Waals surface area contributed by atoms with E-state index >= 15 is 0 Å². The number of benzene rings is 1. The summed E-state index contributed by atoms with van der Waals surface area (Å²) >= 11 is 3.53. The molecular formula is C14H23BrN2O. The van der Waals surface area contributed by atoms with Crippen molar-refractivity contribution in [2.75, 3.05) is 32.2 Å². The van der Waals surface area contributed by atoms with Gasteiger partial charge in [0.15, 0.2) is 0 Å². The van der Waals surface area contributed by atoms with Crippen molar-refractivity contribution in [2.24, 2.45) is 0 Å². The van der Waals surface area contributed by atoms with Gasteiger partial charge in [0.25, 0.3) is 0 Å². The lowest BCUT2D eigenvalue weighted by molar-refractivity contribution is 0.206. The lowest BCUT2D eigenvalue weighted by atomic mass is 10.1. The highest BCUT2D eigenvalue weighted by molar-refractivity contribution is 9.10. The van der Waals surface area contributed by atoms with Crippen molar-refractivity contribution < 1.29 is 4.74 Å². The molecule has 3 nitrogen and oxygen atoms in total. The smallest absolute Gasteiger partial charge is 0.0637 e. The molecule has 0 atom stereocenters. The first-order valence-corrected chi connectivity index (χ1v) is 7.05. The van der Waals surface area contributed by atoms with Gasteiger partial charge in [0, 0.05) is 43.4 Å². The molecule has 0 spiro atoms. The molecule has 0 aliphatic heterocycles. The second-order valence-electron chi connectivity index (χ2n) is 4.72. The molecule has 0 unspecified atom stereocenters. The van der Waals surface area contributed by atoms with E-state index in [1.807, 2.05) is 0 Å². The summed E-state index contributed by atoms with van der Waals surface area (Å²) < 4.78 is 6.24. The molecule has 0 saturated carbocycles. The molecule has 0 radical (unpaired) electrons. The Morgan fingerprint density at radius 1 is 1.39 bits per heavy atom. The average Bonchev–Trinajstić information content (AvgIpc) is 2.34. The van der Waals surface area contributed by atoms with Gasteiger partial charge in [-0.25, -0.2) is 0 Å². The van der Waals surface area contributed by atoms with Gasteiger partial charge in [0.05, 0.1) is 6.61 Å². The zero-order valence-electron chi connectivity index (χ0n) is 11.7. The monoisotopic (exact) mass is 314 g/mol. The number of hydrogen-bond donors (Lipinski definition) is 1. The quantitative estimate of drug-likeness (QED) is 0.837. The zero-order valence-corrected chi connectivity index (χ0v) is 13.3. The van der Waals surface area contributed by atoms with Crippen molar-refractivity contribution in [3.63, 3.8) is 0 Å². The van der Waals surface area contributed by atoms with E-state index in [1.165, 1.54) is 11.3 Å². The number of halogens is 1. The number of anilines is 1. The molecule has 102 valence electrons. The van der Waals surface area contributed by atoms with Crippen molar-refractivity contribution in [3.8, 4) is 0 Å². The molecule has 18 heavy (non-hydrogen) atoms. The van der Waals surface area contributed by atoms with Crippen molar-refractivity contribution in [2.45, 2.75) is 26.4 Å². The first kappa shape index (κ1) is 15.5. The van der Waals surface area contributed by atoms with Crippen molar-refractivity contribution in [1.29, 1.82) is 0 Å². The number of nitrogens with one attached hydrogen (secondary N) is 1. The Bertz CT molecular complexity index is 369. The van der Waals surface area contributed by atoms with Gasteiger partial charge < -0.3 is 15.0 Å². The number of likely N-dealkylation sites (N-methyl/N-ethyl adjacent to an activating group) is 1. The van der Waals surface area contributed by atoms with Crippen LogP contribution < -0.4 is 10.2 Å². The first-order valence-electron chi connectivity index (χ1n) is 6.26. The highest BCUT2D eigenvalue weighted by atomic mass is 79.9. The molecule has 0 saturated heterocycles. The van der Waals surface area contributed by atoms with Gasteiger partial charge in [0.1, 0.15) is 0 Å². The van der Waals surface area contributed by atoms with Crippen LogP contribution in [-0.2, 0) is 11.3 Å². The number of nitrogens with zero attached hydrogens (tertiary/aromatic N) is 1. The number of ether oxygens (including phenoxy) is 1. The Kier molecular flexibility index (Phi) is 6.68. The van der Waals surface area contributed by atoms with Gasteiger partial charge in [-0.15, -0.1) is 0 Å². The summed E-state index contributed by atoms with van der Waals surface area (Å²) in [5.41, 5.74) is 2.56.